The van der Waals surface area contributed by atoms with Gasteiger partial charge in [0.15, 0.2) is 18.1 Å². The predicted octanol–water partition coefficient (Wildman–Crippen LogP) is 3.72. The highest BCUT2D eigenvalue weighted by Gasteiger charge is 2.20. The lowest BCUT2D eigenvalue weighted by molar-refractivity contribution is -0.118. The van der Waals surface area contributed by atoms with Gasteiger partial charge in [0, 0.05) is 11.3 Å². The number of benzene rings is 2. The van der Waals surface area contributed by atoms with E-state index in [4.69, 9.17) is 14.2 Å². The molecule has 1 aromatic heterocycles. The number of nitrogens with one attached hydrogen (secondary N) is 2. The van der Waals surface area contributed by atoms with E-state index in [-0.39, 0.29) is 18.4 Å². The van der Waals surface area contributed by atoms with Crippen LogP contribution >= 0.6 is 11.3 Å². The normalized spacial score (nSPS) is 12.4. The second kappa shape index (κ2) is 8.03. The Kier molecular flexibility index (Phi) is 5.28. The van der Waals surface area contributed by atoms with Crippen LogP contribution in [0.4, 0.5) is 11.4 Å². The first kappa shape index (κ1) is 19.7. The predicted molar refractivity (Wildman–Crippen MR) is 114 cm³/mol. The maximum Gasteiger partial charge on any atom is 0.267 e. The van der Waals surface area contributed by atoms with Crippen LogP contribution in [0.15, 0.2) is 36.4 Å². The molecule has 9 heteroatoms. The molecule has 4 rings (SSSR count). The molecule has 0 fully saturated rings. The first-order valence-electron chi connectivity index (χ1n) is 9.06. The number of hydrogen-bond donors (Lipinski definition) is 2. The van der Waals surface area contributed by atoms with Gasteiger partial charge in [0.05, 0.1) is 25.6 Å². The second-order valence-corrected chi connectivity index (χ2v) is 7.50. The van der Waals surface area contributed by atoms with Crippen molar-refractivity contribution in [2.45, 2.75) is 6.92 Å². The Labute approximate surface area is 176 Å². The molecule has 0 aliphatic carbocycles. The van der Waals surface area contributed by atoms with Crippen molar-refractivity contribution in [2.75, 3.05) is 31.5 Å². The van der Waals surface area contributed by atoms with E-state index in [0.29, 0.717) is 44.2 Å². The molecule has 3 aromatic rings. The highest BCUT2D eigenvalue weighted by atomic mass is 32.1. The van der Waals surface area contributed by atoms with Crippen LogP contribution < -0.4 is 24.8 Å². The Balaban J connectivity index is 1.57. The maximum atomic E-state index is 12.8. The van der Waals surface area contributed by atoms with Crippen molar-refractivity contribution in [3.63, 3.8) is 0 Å². The fourth-order valence-electron chi connectivity index (χ4n) is 3.05. The molecule has 0 saturated carbocycles. The van der Waals surface area contributed by atoms with Gasteiger partial charge in [-0.15, -0.1) is 11.3 Å². The molecule has 2 N–H and O–H groups in total. The number of nitrogens with zero attached hydrogens (tertiary/aromatic N) is 1. The maximum absolute atomic E-state index is 12.8. The van der Waals surface area contributed by atoms with E-state index in [9.17, 15) is 9.59 Å². The van der Waals surface area contributed by atoms with E-state index < -0.39 is 0 Å². The average molecular weight is 425 g/mol. The molecule has 0 radical (unpaired) electrons. The molecule has 2 aromatic carbocycles. The summed E-state index contributed by atoms with van der Waals surface area (Å²) in [7, 11) is 3.14. The molecule has 30 heavy (non-hydrogen) atoms. The van der Waals surface area contributed by atoms with Gasteiger partial charge in [-0.2, -0.15) is 0 Å². The fourth-order valence-corrected chi connectivity index (χ4v) is 4.01. The van der Waals surface area contributed by atoms with Gasteiger partial charge >= 0.3 is 0 Å². The van der Waals surface area contributed by atoms with Crippen LogP contribution in [0, 0.1) is 6.92 Å². The van der Waals surface area contributed by atoms with Crippen LogP contribution in [0.1, 0.15) is 15.4 Å². The first-order chi connectivity index (χ1) is 14.5. The lowest BCUT2D eigenvalue weighted by atomic mass is 10.2. The van der Waals surface area contributed by atoms with E-state index in [1.165, 1.54) is 11.3 Å². The van der Waals surface area contributed by atoms with E-state index in [2.05, 4.69) is 15.6 Å². The number of fused-ring (bicyclic) bond motifs is 1. The summed E-state index contributed by atoms with van der Waals surface area (Å²) in [5.41, 5.74) is 2.52. The molecule has 0 spiro atoms. The lowest BCUT2D eigenvalue weighted by Crippen LogP contribution is -2.25. The van der Waals surface area contributed by atoms with Crippen molar-refractivity contribution in [1.82, 2.24) is 4.98 Å². The third-order valence-electron chi connectivity index (χ3n) is 4.50. The van der Waals surface area contributed by atoms with Gasteiger partial charge < -0.3 is 24.8 Å². The molecule has 0 atom stereocenters. The first-order valence-corrected chi connectivity index (χ1v) is 9.88. The number of carbonyl (C=O) groups excluding carboxylic acids is 2. The number of methoxy groups -OCH3 is 2. The molecule has 2 amide bonds. The lowest BCUT2D eigenvalue weighted by Gasteiger charge is -2.18. The number of ether oxygens (including phenoxy) is 3. The molecule has 2 heterocycles. The zero-order valence-corrected chi connectivity index (χ0v) is 17.4. The summed E-state index contributed by atoms with van der Waals surface area (Å²) < 4.78 is 15.9. The number of rotatable bonds is 5. The number of aryl methyl sites for hydroxylation is 1. The van der Waals surface area contributed by atoms with Gasteiger partial charge in [-0.05, 0) is 43.3 Å². The van der Waals surface area contributed by atoms with Crippen LogP contribution in [0.2, 0.25) is 0 Å². The van der Waals surface area contributed by atoms with Gasteiger partial charge in [0.2, 0.25) is 0 Å². The van der Waals surface area contributed by atoms with Crippen LogP contribution in [-0.2, 0) is 4.79 Å². The van der Waals surface area contributed by atoms with E-state index in [1.54, 1.807) is 45.4 Å². The van der Waals surface area contributed by atoms with Crippen LogP contribution in [0.3, 0.4) is 0 Å². The highest BCUT2D eigenvalue weighted by Crippen LogP contribution is 2.35. The molecule has 154 valence electrons. The minimum Gasteiger partial charge on any atom is -0.493 e. The van der Waals surface area contributed by atoms with Crippen molar-refractivity contribution in [3.05, 3.63) is 47.0 Å². The minimum absolute atomic E-state index is 0.0162. The molecule has 1 aliphatic heterocycles. The van der Waals surface area contributed by atoms with Crippen LogP contribution in [-0.4, -0.2) is 37.6 Å². The van der Waals surface area contributed by atoms with Gasteiger partial charge in [-0.1, -0.05) is 0 Å². The van der Waals surface area contributed by atoms with E-state index in [1.807, 2.05) is 12.1 Å². The van der Waals surface area contributed by atoms with Crippen LogP contribution in [0.25, 0.3) is 10.6 Å². The highest BCUT2D eigenvalue weighted by molar-refractivity contribution is 7.17. The summed E-state index contributed by atoms with van der Waals surface area (Å²) in [6, 6.07) is 10.6. The fraction of sp³-hybridized carbons (Fsp3) is 0.190. The van der Waals surface area contributed by atoms with Gasteiger partial charge in [0.1, 0.15) is 15.6 Å². The Morgan fingerprint density at radius 2 is 1.97 bits per heavy atom. The quantitative estimate of drug-likeness (QED) is 0.647. The molecule has 8 nitrogen and oxygen atoms in total. The number of hydrogen-bond acceptors (Lipinski definition) is 7. The summed E-state index contributed by atoms with van der Waals surface area (Å²) >= 11 is 1.29. The molecule has 0 saturated heterocycles. The molecule has 0 bridgehead atoms. The summed E-state index contributed by atoms with van der Waals surface area (Å²) in [5.74, 6) is 1.27. The van der Waals surface area contributed by atoms with Crippen molar-refractivity contribution < 1.29 is 23.8 Å². The molecular weight excluding hydrogens is 406 g/mol. The smallest absolute Gasteiger partial charge is 0.267 e. The summed E-state index contributed by atoms with van der Waals surface area (Å²) in [6.45, 7) is 1.77. The van der Waals surface area contributed by atoms with Gasteiger partial charge in [-0.25, -0.2) is 4.98 Å². The van der Waals surface area contributed by atoms with E-state index in [0.717, 1.165) is 5.56 Å². The third kappa shape index (κ3) is 3.79. The van der Waals surface area contributed by atoms with Crippen molar-refractivity contribution in [2.24, 2.45) is 0 Å². The van der Waals surface area contributed by atoms with Crippen molar-refractivity contribution >= 4 is 34.5 Å². The van der Waals surface area contributed by atoms with Crippen molar-refractivity contribution in [3.8, 4) is 27.8 Å². The van der Waals surface area contributed by atoms with Crippen LogP contribution in [0.5, 0.6) is 17.2 Å². The largest absolute Gasteiger partial charge is 0.493 e. The van der Waals surface area contributed by atoms with Gasteiger partial charge in [0.25, 0.3) is 11.8 Å². The monoisotopic (exact) mass is 425 g/mol. The number of aromatic nitrogens is 1. The second-order valence-electron chi connectivity index (χ2n) is 6.51. The zero-order chi connectivity index (χ0) is 21.3. The number of anilines is 2. The Hall–Kier alpha value is -3.59. The summed E-state index contributed by atoms with van der Waals surface area (Å²) in [5, 5.41) is 6.27. The molecule has 0 unspecified atom stereocenters. The Morgan fingerprint density at radius 1 is 1.17 bits per heavy atom. The van der Waals surface area contributed by atoms with E-state index >= 15 is 0 Å². The minimum atomic E-state index is -0.278. The number of amides is 2. The topological polar surface area (TPSA) is 98.8 Å². The van der Waals surface area contributed by atoms with Crippen molar-refractivity contribution in [1.29, 1.82) is 0 Å². The average Bonchev–Trinajstić information content (AvgIpc) is 3.14. The number of carbonyl (C=O) groups is 2. The molecular formula is C21H19N3O5S. The Morgan fingerprint density at radius 3 is 2.73 bits per heavy atom. The number of thiazole rings is 1. The zero-order valence-electron chi connectivity index (χ0n) is 16.6. The standard InChI is InChI=1S/C21H19N3O5S/c1-11-19(30-21(22-11)12-4-6-16(27-2)17(8-12)28-3)20(26)23-13-5-7-15-14(9-13)24-18(25)10-29-15/h4-9H,10H2,1-3H3,(H,23,26)(H,24,25). The Bertz CT molecular complexity index is 1140. The summed E-state index contributed by atoms with van der Waals surface area (Å²) in [6.07, 6.45) is 0. The SMILES string of the molecule is COc1ccc(-c2nc(C)c(C(=O)Nc3ccc4c(c3)NC(=O)CO4)s2)cc1OC. The summed E-state index contributed by atoms with van der Waals surface area (Å²) in [4.78, 5) is 29.4. The van der Waals surface area contributed by atoms with Gasteiger partial charge in [-0.3, -0.25) is 9.59 Å². The molecule has 1 aliphatic rings. The third-order valence-corrected chi connectivity index (χ3v) is 5.71.